The van der Waals surface area contributed by atoms with E-state index in [-0.39, 0.29) is 22.7 Å². The van der Waals surface area contributed by atoms with Crippen LogP contribution in [0, 0.1) is 10.8 Å². The normalized spacial score (nSPS) is 12.3. The fraction of sp³-hybridized carbons (Fsp3) is 0.500. The molecule has 0 spiro atoms. The molecule has 1 aromatic carbocycles. The van der Waals surface area contributed by atoms with Crippen LogP contribution in [-0.2, 0) is 0 Å². The van der Waals surface area contributed by atoms with Gasteiger partial charge in [0.1, 0.15) is 17.1 Å². The van der Waals surface area contributed by atoms with Gasteiger partial charge in [-0.15, -0.1) is 0 Å². The fourth-order valence-electron chi connectivity index (χ4n) is 1.77. The molecule has 0 bridgehead atoms. The highest BCUT2D eigenvalue weighted by Crippen LogP contribution is 2.37. The van der Waals surface area contributed by atoms with E-state index in [1.54, 1.807) is 41.5 Å². The van der Waals surface area contributed by atoms with Crippen molar-refractivity contribution in [2.75, 3.05) is 0 Å². The van der Waals surface area contributed by atoms with Crippen LogP contribution in [0.4, 0.5) is 0 Å². The molecule has 110 valence electrons. The van der Waals surface area contributed by atoms with E-state index in [1.165, 1.54) is 12.1 Å². The first-order valence-corrected chi connectivity index (χ1v) is 6.52. The predicted octanol–water partition coefficient (Wildman–Crippen LogP) is 3.56. The third-order valence-corrected chi connectivity index (χ3v) is 2.99. The van der Waals surface area contributed by atoms with Crippen LogP contribution in [0.3, 0.4) is 0 Å². The lowest BCUT2D eigenvalue weighted by Gasteiger charge is -2.21. The Morgan fingerprint density at radius 1 is 0.850 bits per heavy atom. The van der Waals surface area contributed by atoms with Crippen LogP contribution in [0.1, 0.15) is 62.3 Å². The van der Waals surface area contributed by atoms with Crippen LogP contribution in [0.25, 0.3) is 0 Å². The molecule has 0 saturated heterocycles. The average molecular weight is 278 g/mol. The maximum atomic E-state index is 12.3. The van der Waals surface area contributed by atoms with Gasteiger partial charge in [0.05, 0.1) is 5.56 Å². The molecule has 0 unspecified atom stereocenters. The van der Waals surface area contributed by atoms with Crippen molar-refractivity contribution in [3.8, 4) is 11.5 Å². The van der Waals surface area contributed by atoms with Crippen LogP contribution in [0.15, 0.2) is 12.1 Å². The summed E-state index contributed by atoms with van der Waals surface area (Å²) in [6.45, 7) is 10.2. The number of rotatable bonds is 2. The number of Topliss-reactive ketones (excluding diaryl/α,β-unsaturated/α-hetero) is 2. The third kappa shape index (κ3) is 3.00. The molecule has 0 aliphatic rings. The van der Waals surface area contributed by atoms with E-state index in [9.17, 15) is 19.8 Å². The Bertz CT molecular complexity index is 557. The van der Waals surface area contributed by atoms with Gasteiger partial charge in [0.25, 0.3) is 0 Å². The fourth-order valence-corrected chi connectivity index (χ4v) is 1.77. The zero-order chi connectivity index (χ0) is 15.9. The maximum Gasteiger partial charge on any atom is 0.175 e. The van der Waals surface area contributed by atoms with E-state index in [1.807, 2.05) is 0 Å². The Labute approximate surface area is 119 Å². The number of aromatic hydroxyl groups is 2. The number of hydrogen-bond acceptors (Lipinski definition) is 4. The predicted molar refractivity (Wildman–Crippen MR) is 77.3 cm³/mol. The van der Waals surface area contributed by atoms with Gasteiger partial charge in [0, 0.05) is 10.8 Å². The summed E-state index contributed by atoms with van der Waals surface area (Å²) >= 11 is 0. The minimum Gasteiger partial charge on any atom is -0.507 e. The molecule has 2 N–H and O–H groups in total. The van der Waals surface area contributed by atoms with E-state index in [0.717, 1.165) is 0 Å². The van der Waals surface area contributed by atoms with E-state index in [2.05, 4.69) is 0 Å². The Kier molecular flexibility index (Phi) is 3.99. The Morgan fingerprint density at radius 2 is 1.30 bits per heavy atom. The molecule has 0 aliphatic carbocycles. The second-order valence-electron chi connectivity index (χ2n) is 7.01. The molecule has 0 aromatic heterocycles. The Morgan fingerprint density at radius 3 is 1.70 bits per heavy atom. The van der Waals surface area contributed by atoms with Gasteiger partial charge in [-0.05, 0) is 12.1 Å². The Hall–Kier alpha value is -1.84. The second-order valence-corrected chi connectivity index (χ2v) is 7.01. The average Bonchev–Trinajstić information content (AvgIpc) is 2.25. The van der Waals surface area contributed by atoms with Crippen molar-refractivity contribution in [2.45, 2.75) is 41.5 Å². The second kappa shape index (κ2) is 4.93. The zero-order valence-electron chi connectivity index (χ0n) is 12.9. The van der Waals surface area contributed by atoms with Gasteiger partial charge in [-0.25, -0.2) is 0 Å². The lowest BCUT2D eigenvalue weighted by atomic mass is 9.82. The van der Waals surface area contributed by atoms with Crippen LogP contribution < -0.4 is 0 Å². The quantitative estimate of drug-likeness (QED) is 0.811. The van der Waals surface area contributed by atoms with Crippen molar-refractivity contribution in [3.05, 3.63) is 23.3 Å². The number of hydrogen-bond donors (Lipinski definition) is 2. The molecular formula is C16H22O4. The van der Waals surface area contributed by atoms with Gasteiger partial charge in [-0.3, -0.25) is 9.59 Å². The third-order valence-electron chi connectivity index (χ3n) is 2.99. The van der Waals surface area contributed by atoms with Gasteiger partial charge in [0.15, 0.2) is 11.6 Å². The minimum absolute atomic E-state index is 0.0582. The summed E-state index contributed by atoms with van der Waals surface area (Å²) in [6, 6.07) is 2.62. The molecule has 1 rings (SSSR count). The molecule has 4 heteroatoms. The van der Waals surface area contributed by atoms with Gasteiger partial charge >= 0.3 is 0 Å². The van der Waals surface area contributed by atoms with Crippen LogP contribution in [-0.4, -0.2) is 21.8 Å². The molecular weight excluding hydrogens is 256 g/mol. The van der Waals surface area contributed by atoms with E-state index < -0.39 is 22.4 Å². The largest absolute Gasteiger partial charge is 0.507 e. The number of ketones is 2. The first kappa shape index (κ1) is 16.2. The van der Waals surface area contributed by atoms with Crippen molar-refractivity contribution in [2.24, 2.45) is 10.8 Å². The summed E-state index contributed by atoms with van der Waals surface area (Å²) in [5.41, 5.74) is -1.58. The molecule has 0 amide bonds. The zero-order valence-corrected chi connectivity index (χ0v) is 12.9. The molecule has 0 heterocycles. The van der Waals surface area contributed by atoms with Gasteiger partial charge in [-0.1, -0.05) is 41.5 Å². The molecule has 1 aromatic rings. The summed E-state index contributed by atoms with van der Waals surface area (Å²) in [5.74, 6) is -1.44. The van der Waals surface area contributed by atoms with Crippen molar-refractivity contribution in [1.29, 1.82) is 0 Å². The summed E-state index contributed by atoms with van der Waals surface area (Å²) in [7, 11) is 0. The molecule has 0 radical (unpaired) electrons. The minimum atomic E-state index is -0.766. The van der Waals surface area contributed by atoms with Crippen LogP contribution >= 0.6 is 0 Å². The monoisotopic (exact) mass is 278 g/mol. The summed E-state index contributed by atoms with van der Waals surface area (Å²) in [5, 5.41) is 20.1. The first-order valence-electron chi connectivity index (χ1n) is 6.52. The molecule has 0 atom stereocenters. The number of phenols is 2. The highest BCUT2D eigenvalue weighted by molar-refractivity contribution is 6.09. The summed E-state index contributed by atoms with van der Waals surface area (Å²) in [4.78, 5) is 24.6. The topological polar surface area (TPSA) is 74.6 Å². The Balaban J connectivity index is 3.50. The molecule has 20 heavy (non-hydrogen) atoms. The van der Waals surface area contributed by atoms with Crippen molar-refractivity contribution in [3.63, 3.8) is 0 Å². The molecule has 0 saturated carbocycles. The maximum absolute atomic E-state index is 12.3. The molecule has 0 aliphatic heterocycles. The van der Waals surface area contributed by atoms with Gasteiger partial charge in [0.2, 0.25) is 0 Å². The van der Waals surface area contributed by atoms with Crippen LogP contribution in [0.5, 0.6) is 11.5 Å². The number of phenolic OH excluding ortho intramolecular Hbond substituents is 2. The highest BCUT2D eigenvalue weighted by atomic mass is 16.3. The summed E-state index contributed by atoms with van der Waals surface area (Å²) < 4.78 is 0. The van der Waals surface area contributed by atoms with Crippen molar-refractivity contribution < 1.29 is 19.8 Å². The first-order chi connectivity index (χ1) is 8.87. The lowest BCUT2D eigenvalue weighted by Crippen LogP contribution is -2.23. The number of benzene rings is 1. The van der Waals surface area contributed by atoms with Gasteiger partial charge in [-0.2, -0.15) is 0 Å². The smallest absolute Gasteiger partial charge is 0.175 e. The van der Waals surface area contributed by atoms with Gasteiger partial charge < -0.3 is 10.2 Å². The van der Waals surface area contributed by atoms with E-state index >= 15 is 0 Å². The number of carbonyl (C=O) groups is 2. The van der Waals surface area contributed by atoms with Crippen LogP contribution in [0.2, 0.25) is 0 Å². The number of carbonyl (C=O) groups excluding carboxylic acids is 2. The highest BCUT2D eigenvalue weighted by Gasteiger charge is 2.32. The van der Waals surface area contributed by atoms with Crippen molar-refractivity contribution in [1.82, 2.24) is 0 Å². The molecule has 4 nitrogen and oxygen atoms in total. The van der Waals surface area contributed by atoms with E-state index in [0.29, 0.717) is 0 Å². The molecule has 0 fully saturated rings. The van der Waals surface area contributed by atoms with Crippen molar-refractivity contribution >= 4 is 11.6 Å². The lowest BCUT2D eigenvalue weighted by molar-refractivity contribution is 0.0848. The summed E-state index contributed by atoms with van der Waals surface area (Å²) in [6.07, 6.45) is 0. The van der Waals surface area contributed by atoms with E-state index in [4.69, 9.17) is 0 Å². The standard InChI is InChI=1S/C16H22O4/c1-15(2,3)13(19)9-7-8-10(17)11(12(9)18)14(20)16(4,5)6/h7-8,17-18H,1-6H3. The SMILES string of the molecule is CC(C)(C)C(=O)c1ccc(O)c(C(=O)C(C)(C)C)c1O.